The summed E-state index contributed by atoms with van der Waals surface area (Å²) in [6.45, 7) is 0. The molecule has 0 fully saturated rings. The smallest absolute Gasteiger partial charge is 0.166 e. The number of nitrogen functional groups attached to an aromatic ring is 1. The third-order valence-electron chi connectivity index (χ3n) is 1.69. The van der Waals surface area contributed by atoms with E-state index in [1.165, 1.54) is 4.68 Å². The van der Waals surface area contributed by atoms with Gasteiger partial charge in [0.2, 0.25) is 0 Å². The molecule has 14 heavy (non-hydrogen) atoms. The maximum Gasteiger partial charge on any atom is 0.166 e. The monoisotopic (exact) mass is 228 g/mol. The molecule has 0 bridgehead atoms. The average molecular weight is 229 g/mol. The average Bonchev–Trinajstić information content (AvgIpc) is 2.57. The van der Waals surface area contributed by atoms with Gasteiger partial charge in [-0.25, -0.2) is 4.68 Å². The summed E-state index contributed by atoms with van der Waals surface area (Å²) in [4.78, 5) is 0. The molecular weight excluding hydrogens is 223 g/mol. The van der Waals surface area contributed by atoms with Crippen LogP contribution in [0.25, 0.3) is 5.69 Å². The zero-order chi connectivity index (χ0) is 10.1. The van der Waals surface area contributed by atoms with Crippen molar-refractivity contribution in [1.29, 1.82) is 0 Å². The zero-order valence-electron chi connectivity index (χ0n) is 6.98. The number of aromatic nitrogens is 3. The Kier molecular flexibility index (Phi) is 2.31. The third kappa shape index (κ3) is 1.54. The number of rotatable bonds is 1. The van der Waals surface area contributed by atoms with E-state index >= 15 is 0 Å². The molecule has 2 aromatic rings. The van der Waals surface area contributed by atoms with E-state index in [4.69, 9.17) is 28.9 Å². The van der Waals surface area contributed by atoms with Gasteiger partial charge in [0.25, 0.3) is 0 Å². The van der Waals surface area contributed by atoms with E-state index in [1.54, 1.807) is 24.4 Å². The molecule has 0 aliphatic rings. The lowest BCUT2D eigenvalue weighted by Gasteiger charge is -2.03. The van der Waals surface area contributed by atoms with Gasteiger partial charge >= 0.3 is 0 Å². The fraction of sp³-hybridized carbons (Fsp3) is 0. The Morgan fingerprint density at radius 3 is 2.71 bits per heavy atom. The van der Waals surface area contributed by atoms with Crippen molar-refractivity contribution < 1.29 is 0 Å². The van der Waals surface area contributed by atoms with Crippen molar-refractivity contribution in [3.8, 4) is 5.69 Å². The molecule has 1 heterocycles. The number of hydrogen-bond donors (Lipinski definition) is 1. The first-order chi connectivity index (χ1) is 6.68. The number of nitrogens with zero attached hydrogens (tertiary/aromatic N) is 3. The SMILES string of the molecule is Nc1cn(-c2cccc(Cl)c2Cl)nn1. The lowest BCUT2D eigenvalue weighted by atomic mass is 10.3. The molecule has 4 nitrogen and oxygen atoms in total. The second kappa shape index (κ2) is 3.48. The predicted molar refractivity (Wildman–Crippen MR) is 55.8 cm³/mol. The Hall–Kier alpha value is -1.26. The van der Waals surface area contributed by atoms with E-state index in [0.717, 1.165) is 0 Å². The van der Waals surface area contributed by atoms with E-state index in [2.05, 4.69) is 10.3 Å². The number of anilines is 1. The molecule has 0 aliphatic heterocycles. The highest BCUT2D eigenvalue weighted by Crippen LogP contribution is 2.27. The minimum Gasteiger partial charge on any atom is -0.381 e. The Bertz CT molecular complexity index is 466. The Morgan fingerprint density at radius 1 is 1.29 bits per heavy atom. The highest BCUT2D eigenvalue weighted by molar-refractivity contribution is 6.43. The predicted octanol–water partition coefficient (Wildman–Crippen LogP) is 2.16. The van der Waals surface area contributed by atoms with Crippen LogP contribution in [0.5, 0.6) is 0 Å². The maximum absolute atomic E-state index is 5.98. The molecule has 0 saturated heterocycles. The largest absolute Gasteiger partial charge is 0.381 e. The van der Waals surface area contributed by atoms with Crippen LogP contribution in [-0.2, 0) is 0 Å². The second-order valence-electron chi connectivity index (χ2n) is 2.66. The van der Waals surface area contributed by atoms with Crippen LogP contribution in [0.15, 0.2) is 24.4 Å². The van der Waals surface area contributed by atoms with Crippen molar-refractivity contribution in [3.05, 3.63) is 34.4 Å². The normalized spacial score (nSPS) is 10.4. The minimum atomic E-state index is 0.334. The van der Waals surface area contributed by atoms with Gasteiger partial charge in [-0.3, -0.25) is 0 Å². The third-order valence-corrected chi connectivity index (χ3v) is 2.50. The molecule has 0 unspecified atom stereocenters. The van der Waals surface area contributed by atoms with Gasteiger partial charge in [-0.05, 0) is 12.1 Å². The molecule has 72 valence electrons. The van der Waals surface area contributed by atoms with Gasteiger partial charge < -0.3 is 5.73 Å². The number of nitrogens with two attached hydrogens (primary N) is 1. The molecule has 0 spiro atoms. The first-order valence-electron chi connectivity index (χ1n) is 3.80. The highest BCUT2D eigenvalue weighted by atomic mass is 35.5. The topological polar surface area (TPSA) is 56.7 Å². The van der Waals surface area contributed by atoms with E-state index < -0.39 is 0 Å². The summed E-state index contributed by atoms with van der Waals surface area (Å²) in [5, 5.41) is 8.34. The van der Waals surface area contributed by atoms with Crippen molar-refractivity contribution >= 4 is 29.0 Å². The van der Waals surface area contributed by atoms with Gasteiger partial charge in [0.05, 0.1) is 21.9 Å². The van der Waals surface area contributed by atoms with Crippen LogP contribution in [0, 0.1) is 0 Å². The molecule has 0 radical (unpaired) electrons. The second-order valence-corrected chi connectivity index (χ2v) is 3.45. The van der Waals surface area contributed by atoms with Gasteiger partial charge in [-0.1, -0.05) is 34.5 Å². The summed E-state index contributed by atoms with van der Waals surface area (Å²) < 4.78 is 1.48. The van der Waals surface area contributed by atoms with Crippen molar-refractivity contribution in [3.63, 3.8) is 0 Å². The number of benzene rings is 1. The molecule has 1 aromatic heterocycles. The summed E-state index contributed by atoms with van der Waals surface area (Å²) in [5.41, 5.74) is 6.09. The van der Waals surface area contributed by atoms with Crippen LogP contribution in [-0.4, -0.2) is 15.0 Å². The van der Waals surface area contributed by atoms with Gasteiger partial charge in [0.15, 0.2) is 5.82 Å². The number of halogens is 2. The first-order valence-corrected chi connectivity index (χ1v) is 4.56. The summed E-state index contributed by atoms with van der Waals surface area (Å²) in [6, 6.07) is 5.26. The molecule has 0 aliphatic carbocycles. The van der Waals surface area contributed by atoms with Gasteiger partial charge in [0.1, 0.15) is 0 Å². The summed E-state index contributed by atoms with van der Waals surface area (Å²) in [6.07, 6.45) is 1.57. The van der Waals surface area contributed by atoms with Gasteiger partial charge in [0, 0.05) is 0 Å². The molecule has 2 N–H and O–H groups in total. The molecule has 2 rings (SSSR count). The molecule has 0 amide bonds. The summed E-state index contributed by atoms with van der Waals surface area (Å²) in [5.74, 6) is 0.334. The van der Waals surface area contributed by atoms with Crippen LogP contribution in [0.1, 0.15) is 0 Å². The van der Waals surface area contributed by atoms with Crippen LogP contribution in [0.4, 0.5) is 5.82 Å². The molecular formula is C8H6Cl2N4. The molecule has 1 aromatic carbocycles. The molecule has 0 saturated carbocycles. The Morgan fingerprint density at radius 2 is 2.07 bits per heavy atom. The van der Waals surface area contributed by atoms with E-state index in [1.807, 2.05) is 0 Å². The van der Waals surface area contributed by atoms with Gasteiger partial charge in [-0.15, -0.1) is 5.10 Å². The van der Waals surface area contributed by atoms with Gasteiger partial charge in [-0.2, -0.15) is 0 Å². The quantitative estimate of drug-likeness (QED) is 0.814. The zero-order valence-corrected chi connectivity index (χ0v) is 8.50. The maximum atomic E-state index is 5.98. The fourth-order valence-electron chi connectivity index (χ4n) is 1.06. The van der Waals surface area contributed by atoms with E-state index in [0.29, 0.717) is 21.6 Å². The van der Waals surface area contributed by atoms with Crippen LogP contribution >= 0.6 is 23.2 Å². The fourth-order valence-corrected chi connectivity index (χ4v) is 1.45. The number of hydrogen-bond acceptors (Lipinski definition) is 3. The van der Waals surface area contributed by atoms with E-state index in [-0.39, 0.29) is 0 Å². The standard InChI is InChI=1S/C8H6Cl2N4/c9-5-2-1-3-6(8(5)10)14-4-7(11)12-13-14/h1-4H,11H2. The lowest BCUT2D eigenvalue weighted by molar-refractivity contribution is 0.804. The summed E-state index contributed by atoms with van der Waals surface area (Å²) in [7, 11) is 0. The van der Waals surface area contributed by atoms with Crippen molar-refractivity contribution in [2.75, 3.05) is 5.73 Å². The van der Waals surface area contributed by atoms with E-state index in [9.17, 15) is 0 Å². The van der Waals surface area contributed by atoms with Crippen LogP contribution in [0.2, 0.25) is 10.0 Å². The highest BCUT2D eigenvalue weighted by Gasteiger charge is 2.07. The van der Waals surface area contributed by atoms with Crippen LogP contribution in [0.3, 0.4) is 0 Å². The Balaban J connectivity index is 2.57. The minimum absolute atomic E-state index is 0.334. The van der Waals surface area contributed by atoms with Crippen molar-refractivity contribution in [1.82, 2.24) is 15.0 Å². The Labute approximate surface area is 90.2 Å². The summed E-state index contributed by atoms with van der Waals surface area (Å²) >= 11 is 11.8. The molecule has 6 heteroatoms. The van der Waals surface area contributed by atoms with Crippen molar-refractivity contribution in [2.45, 2.75) is 0 Å². The van der Waals surface area contributed by atoms with Crippen molar-refractivity contribution in [2.24, 2.45) is 0 Å². The lowest BCUT2D eigenvalue weighted by Crippen LogP contribution is -1.95. The molecule has 0 atom stereocenters. The van der Waals surface area contributed by atoms with Crippen LogP contribution < -0.4 is 5.73 Å². The first kappa shape index (κ1) is 9.30.